The van der Waals surface area contributed by atoms with E-state index in [2.05, 4.69) is 45.5 Å². The van der Waals surface area contributed by atoms with E-state index in [1.807, 2.05) is 6.20 Å². The van der Waals surface area contributed by atoms with Gasteiger partial charge < -0.3 is 9.88 Å². The molecule has 0 aliphatic heterocycles. The van der Waals surface area contributed by atoms with Gasteiger partial charge in [-0.05, 0) is 36.8 Å². The molecule has 1 aliphatic carbocycles. The van der Waals surface area contributed by atoms with Crippen LogP contribution >= 0.6 is 11.3 Å². The molecule has 0 saturated heterocycles. The van der Waals surface area contributed by atoms with Crippen LogP contribution in [0.3, 0.4) is 0 Å². The third-order valence-electron chi connectivity index (χ3n) is 3.30. The first-order valence-corrected chi connectivity index (χ1v) is 7.49. The molecule has 0 radical (unpaired) electrons. The van der Waals surface area contributed by atoms with Gasteiger partial charge in [0.15, 0.2) is 0 Å². The van der Waals surface area contributed by atoms with Crippen LogP contribution in [0.1, 0.15) is 19.8 Å². The molecule has 1 aliphatic rings. The van der Waals surface area contributed by atoms with E-state index in [0.717, 1.165) is 25.0 Å². The Hall–Kier alpha value is -1.13. The first-order valence-electron chi connectivity index (χ1n) is 6.61. The van der Waals surface area contributed by atoms with Crippen LogP contribution in [-0.4, -0.2) is 22.1 Å². The molecule has 1 unspecified atom stereocenters. The fraction of sp³-hybridized carbons (Fsp3) is 0.500. The number of nitrogens with one attached hydrogen (secondary N) is 1. The number of hydrogen-bond acceptors (Lipinski definition) is 3. The Labute approximate surface area is 112 Å². The SMILES string of the molecule is CC(CNC1CC1)Cn1ccnc1-c1cccs1. The Balaban J connectivity index is 1.63. The molecule has 1 fully saturated rings. The van der Waals surface area contributed by atoms with Crippen molar-refractivity contribution in [2.75, 3.05) is 6.54 Å². The van der Waals surface area contributed by atoms with Crippen molar-refractivity contribution in [3.8, 4) is 10.7 Å². The molecule has 2 heterocycles. The standard InChI is InChI=1S/C14H19N3S/c1-11(9-16-12-4-5-12)10-17-7-6-15-14(17)13-3-2-8-18-13/h2-3,6-8,11-12,16H,4-5,9-10H2,1H3. The van der Waals surface area contributed by atoms with Crippen LogP contribution < -0.4 is 5.32 Å². The maximum atomic E-state index is 4.47. The van der Waals surface area contributed by atoms with Crippen LogP contribution in [0.15, 0.2) is 29.9 Å². The molecule has 1 atom stereocenters. The highest BCUT2D eigenvalue weighted by Crippen LogP contribution is 2.24. The summed E-state index contributed by atoms with van der Waals surface area (Å²) in [6.07, 6.45) is 6.70. The second-order valence-electron chi connectivity index (χ2n) is 5.17. The predicted molar refractivity (Wildman–Crippen MR) is 75.7 cm³/mol. The molecule has 1 saturated carbocycles. The molecule has 96 valence electrons. The van der Waals surface area contributed by atoms with Gasteiger partial charge in [-0.2, -0.15) is 0 Å². The van der Waals surface area contributed by atoms with Gasteiger partial charge in [0.05, 0.1) is 4.88 Å². The van der Waals surface area contributed by atoms with Crippen molar-refractivity contribution in [1.82, 2.24) is 14.9 Å². The lowest BCUT2D eigenvalue weighted by atomic mass is 10.2. The van der Waals surface area contributed by atoms with E-state index in [1.165, 1.54) is 17.7 Å². The lowest BCUT2D eigenvalue weighted by Crippen LogP contribution is -2.25. The average Bonchev–Trinajstić information content (AvgIpc) is 2.85. The van der Waals surface area contributed by atoms with Gasteiger partial charge in [0, 0.05) is 25.0 Å². The monoisotopic (exact) mass is 261 g/mol. The molecule has 4 heteroatoms. The van der Waals surface area contributed by atoms with Crippen molar-refractivity contribution in [3.05, 3.63) is 29.9 Å². The van der Waals surface area contributed by atoms with Gasteiger partial charge in [0.1, 0.15) is 5.82 Å². The molecular weight excluding hydrogens is 242 g/mol. The van der Waals surface area contributed by atoms with Crippen molar-refractivity contribution in [2.24, 2.45) is 5.92 Å². The van der Waals surface area contributed by atoms with E-state index in [0.29, 0.717) is 5.92 Å². The molecule has 0 amide bonds. The van der Waals surface area contributed by atoms with Crippen LogP contribution in [0.25, 0.3) is 10.7 Å². The quantitative estimate of drug-likeness (QED) is 0.866. The molecule has 2 aromatic rings. The highest BCUT2D eigenvalue weighted by Gasteiger charge is 2.21. The van der Waals surface area contributed by atoms with Crippen LogP contribution in [0.4, 0.5) is 0 Å². The zero-order valence-electron chi connectivity index (χ0n) is 10.7. The van der Waals surface area contributed by atoms with Crippen LogP contribution in [0.2, 0.25) is 0 Å². The third-order valence-corrected chi connectivity index (χ3v) is 4.16. The van der Waals surface area contributed by atoms with Gasteiger partial charge >= 0.3 is 0 Å². The fourth-order valence-corrected chi connectivity index (χ4v) is 2.88. The average molecular weight is 261 g/mol. The Morgan fingerprint density at radius 1 is 1.56 bits per heavy atom. The summed E-state index contributed by atoms with van der Waals surface area (Å²) in [6.45, 7) is 4.44. The van der Waals surface area contributed by atoms with Gasteiger partial charge in [-0.3, -0.25) is 0 Å². The minimum Gasteiger partial charge on any atom is -0.330 e. The summed E-state index contributed by atoms with van der Waals surface area (Å²) in [6, 6.07) is 5.01. The maximum Gasteiger partial charge on any atom is 0.149 e. The molecule has 0 aromatic carbocycles. The third kappa shape index (κ3) is 2.82. The predicted octanol–water partition coefficient (Wildman–Crippen LogP) is 3.00. The Bertz CT molecular complexity index is 485. The van der Waals surface area contributed by atoms with E-state index in [1.54, 1.807) is 11.3 Å². The van der Waals surface area contributed by atoms with Crippen LogP contribution in [0, 0.1) is 5.92 Å². The number of hydrogen-bond donors (Lipinski definition) is 1. The lowest BCUT2D eigenvalue weighted by molar-refractivity contribution is 0.446. The van der Waals surface area contributed by atoms with E-state index in [9.17, 15) is 0 Å². The Kier molecular flexibility index (Phi) is 3.48. The second-order valence-corrected chi connectivity index (χ2v) is 6.12. The normalized spacial score (nSPS) is 16.9. The largest absolute Gasteiger partial charge is 0.330 e. The second kappa shape index (κ2) is 5.24. The summed E-state index contributed by atoms with van der Waals surface area (Å²) in [4.78, 5) is 5.72. The van der Waals surface area contributed by atoms with Gasteiger partial charge in [0.2, 0.25) is 0 Å². The highest BCUT2D eigenvalue weighted by molar-refractivity contribution is 7.13. The molecule has 1 N–H and O–H groups in total. The number of imidazole rings is 1. The van der Waals surface area contributed by atoms with E-state index >= 15 is 0 Å². The lowest BCUT2D eigenvalue weighted by Gasteiger charge is -2.14. The van der Waals surface area contributed by atoms with Gasteiger partial charge in [0.25, 0.3) is 0 Å². The smallest absolute Gasteiger partial charge is 0.149 e. The van der Waals surface area contributed by atoms with Crippen molar-refractivity contribution in [2.45, 2.75) is 32.4 Å². The zero-order chi connectivity index (χ0) is 12.4. The summed E-state index contributed by atoms with van der Waals surface area (Å²) in [5, 5.41) is 5.70. The molecule has 0 spiro atoms. The summed E-state index contributed by atoms with van der Waals surface area (Å²) in [7, 11) is 0. The van der Waals surface area contributed by atoms with Gasteiger partial charge in [-0.15, -0.1) is 11.3 Å². The minimum absolute atomic E-state index is 0.638. The molecule has 18 heavy (non-hydrogen) atoms. The van der Waals surface area contributed by atoms with E-state index in [-0.39, 0.29) is 0 Å². The Morgan fingerprint density at radius 3 is 3.17 bits per heavy atom. The molecular formula is C14H19N3S. The molecule has 3 rings (SSSR count). The summed E-state index contributed by atoms with van der Waals surface area (Å²) in [5.74, 6) is 1.74. The first kappa shape index (κ1) is 11.9. The van der Waals surface area contributed by atoms with Crippen molar-refractivity contribution < 1.29 is 0 Å². The highest BCUT2D eigenvalue weighted by atomic mass is 32.1. The van der Waals surface area contributed by atoms with Crippen molar-refractivity contribution >= 4 is 11.3 Å². The van der Waals surface area contributed by atoms with Crippen molar-refractivity contribution in [1.29, 1.82) is 0 Å². The van der Waals surface area contributed by atoms with Gasteiger partial charge in [-0.1, -0.05) is 13.0 Å². The Morgan fingerprint density at radius 2 is 2.44 bits per heavy atom. The molecule has 2 aromatic heterocycles. The summed E-state index contributed by atoms with van der Waals surface area (Å²) >= 11 is 1.75. The van der Waals surface area contributed by atoms with Crippen LogP contribution in [-0.2, 0) is 6.54 Å². The van der Waals surface area contributed by atoms with E-state index in [4.69, 9.17) is 0 Å². The van der Waals surface area contributed by atoms with Crippen molar-refractivity contribution in [3.63, 3.8) is 0 Å². The number of rotatable bonds is 6. The minimum atomic E-state index is 0.638. The first-order chi connectivity index (χ1) is 8.83. The number of thiophene rings is 1. The van der Waals surface area contributed by atoms with Gasteiger partial charge in [-0.25, -0.2) is 4.98 Å². The molecule has 3 nitrogen and oxygen atoms in total. The summed E-state index contributed by atoms with van der Waals surface area (Å²) in [5.41, 5.74) is 0. The number of aromatic nitrogens is 2. The topological polar surface area (TPSA) is 29.9 Å². The van der Waals surface area contributed by atoms with Crippen LogP contribution in [0.5, 0.6) is 0 Å². The van der Waals surface area contributed by atoms with E-state index < -0.39 is 0 Å². The fourth-order valence-electron chi connectivity index (χ4n) is 2.14. The zero-order valence-corrected chi connectivity index (χ0v) is 11.5. The summed E-state index contributed by atoms with van der Waals surface area (Å²) < 4.78 is 2.27. The number of nitrogens with zero attached hydrogens (tertiary/aromatic N) is 2. The molecule has 0 bridgehead atoms. The maximum absolute atomic E-state index is 4.47.